The first-order valence-electron chi connectivity index (χ1n) is 6.44. The van der Waals surface area contributed by atoms with Crippen LogP contribution in [0.3, 0.4) is 0 Å². The van der Waals surface area contributed by atoms with Crippen molar-refractivity contribution in [1.29, 1.82) is 0 Å². The molecule has 0 saturated carbocycles. The van der Waals surface area contributed by atoms with Gasteiger partial charge in [-0.2, -0.15) is 4.80 Å². The van der Waals surface area contributed by atoms with E-state index in [0.29, 0.717) is 16.4 Å². The van der Waals surface area contributed by atoms with Gasteiger partial charge < -0.3 is 0 Å². The monoisotopic (exact) mass is 376 g/mol. The van der Waals surface area contributed by atoms with Gasteiger partial charge in [-0.25, -0.2) is 0 Å². The number of hydrogen-bond acceptors (Lipinski definition) is 4. The predicted octanol–water partition coefficient (Wildman–Crippen LogP) is 3.64. The van der Waals surface area contributed by atoms with Crippen LogP contribution in [0.15, 0.2) is 53.0 Å². The van der Waals surface area contributed by atoms with Crippen molar-refractivity contribution in [2.75, 3.05) is 0 Å². The normalized spacial score (nSPS) is 10.6. The third-order valence-corrected chi connectivity index (χ3v) is 3.79. The van der Waals surface area contributed by atoms with E-state index in [4.69, 9.17) is 11.6 Å². The average molecular weight is 378 g/mol. The Labute approximate surface area is 140 Å². The molecule has 0 unspecified atom stereocenters. The molecule has 5 nitrogen and oxygen atoms in total. The number of carbonyl (C=O) groups is 1. The van der Waals surface area contributed by atoms with Crippen LogP contribution in [0.4, 0.5) is 0 Å². The Morgan fingerprint density at radius 3 is 2.45 bits per heavy atom. The minimum Gasteiger partial charge on any atom is -0.292 e. The van der Waals surface area contributed by atoms with E-state index in [2.05, 4.69) is 31.3 Å². The zero-order valence-electron chi connectivity index (χ0n) is 11.3. The summed E-state index contributed by atoms with van der Waals surface area (Å²) in [6.07, 6.45) is 0. The number of rotatable bonds is 4. The van der Waals surface area contributed by atoms with Crippen molar-refractivity contribution in [2.24, 2.45) is 0 Å². The molecule has 0 fully saturated rings. The molecule has 0 saturated heterocycles. The quantitative estimate of drug-likeness (QED) is 0.651. The average Bonchev–Trinajstić information content (AvgIpc) is 2.97. The van der Waals surface area contributed by atoms with Gasteiger partial charge >= 0.3 is 0 Å². The Balaban J connectivity index is 1.75. The summed E-state index contributed by atoms with van der Waals surface area (Å²) in [4.78, 5) is 13.4. The van der Waals surface area contributed by atoms with E-state index < -0.39 is 0 Å². The van der Waals surface area contributed by atoms with Crippen LogP contribution < -0.4 is 0 Å². The van der Waals surface area contributed by atoms with Crippen LogP contribution in [0.25, 0.3) is 11.4 Å². The largest absolute Gasteiger partial charge is 0.292 e. The van der Waals surface area contributed by atoms with Crippen LogP contribution in [0.5, 0.6) is 0 Å². The summed E-state index contributed by atoms with van der Waals surface area (Å²) in [5.41, 5.74) is 1.40. The molecule has 0 aliphatic heterocycles. The smallest absolute Gasteiger partial charge is 0.204 e. The van der Waals surface area contributed by atoms with E-state index in [1.54, 1.807) is 36.4 Å². The summed E-state index contributed by atoms with van der Waals surface area (Å²) in [5, 5.41) is 12.7. The summed E-state index contributed by atoms with van der Waals surface area (Å²) in [7, 11) is 0. The molecule has 0 aliphatic carbocycles. The van der Waals surface area contributed by atoms with Crippen molar-refractivity contribution in [2.45, 2.75) is 6.54 Å². The summed E-state index contributed by atoms with van der Waals surface area (Å²) < 4.78 is 0.924. The van der Waals surface area contributed by atoms with E-state index in [0.717, 1.165) is 10.0 Å². The van der Waals surface area contributed by atoms with E-state index in [-0.39, 0.29) is 12.3 Å². The minimum absolute atomic E-state index is 0.0439. The number of ketones is 1. The minimum atomic E-state index is -0.0763. The van der Waals surface area contributed by atoms with Crippen LogP contribution in [0.1, 0.15) is 10.4 Å². The molecule has 3 rings (SSSR count). The molecule has 0 N–H and O–H groups in total. The number of aromatic nitrogens is 4. The van der Waals surface area contributed by atoms with Gasteiger partial charge in [-0.05, 0) is 41.6 Å². The zero-order chi connectivity index (χ0) is 15.5. The Morgan fingerprint density at radius 2 is 1.77 bits per heavy atom. The van der Waals surface area contributed by atoms with Gasteiger partial charge in [0.15, 0.2) is 5.78 Å². The van der Waals surface area contributed by atoms with Gasteiger partial charge in [0, 0.05) is 20.6 Å². The number of benzene rings is 2. The van der Waals surface area contributed by atoms with Gasteiger partial charge in [-0.1, -0.05) is 39.7 Å². The Hall–Kier alpha value is -2.05. The van der Waals surface area contributed by atoms with E-state index in [1.165, 1.54) is 4.80 Å². The maximum atomic E-state index is 12.2. The molecule has 7 heteroatoms. The number of nitrogens with zero attached hydrogens (tertiary/aromatic N) is 4. The number of carbonyl (C=O) groups excluding carboxylic acids is 1. The maximum Gasteiger partial charge on any atom is 0.204 e. The lowest BCUT2D eigenvalue weighted by atomic mass is 10.1. The highest BCUT2D eigenvalue weighted by atomic mass is 79.9. The first-order valence-corrected chi connectivity index (χ1v) is 7.61. The van der Waals surface area contributed by atoms with E-state index in [9.17, 15) is 4.79 Å². The SMILES string of the molecule is O=C(Cn1nnc(-c2ccc(Cl)cc2)n1)c1ccc(Br)cc1. The molecule has 1 heterocycles. The fraction of sp³-hybridized carbons (Fsp3) is 0.0667. The predicted molar refractivity (Wildman–Crippen MR) is 86.7 cm³/mol. The molecule has 0 bridgehead atoms. The number of halogens is 2. The summed E-state index contributed by atoms with van der Waals surface area (Å²) in [5.74, 6) is 0.382. The van der Waals surface area contributed by atoms with Crippen LogP contribution in [-0.2, 0) is 6.54 Å². The fourth-order valence-corrected chi connectivity index (χ4v) is 2.27. The van der Waals surface area contributed by atoms with E-state index >= 15 is 0 Å². The molecule has 0 amide bonds. The Morgan fingerprint density at radius 1 is 1.09 bits per heavy atom. The molecule has 110 valence electrons. The highest BCUT2D eigenvalue weighted by Crippen LogP contribution is 2.17. The summed E-state index contributed by atoms with van der Waals surface area (Å²) >= 11 is 9.18. The van der Waals surface area contributed by atoms with Crippen molar-refractivity contribution in [1.82, 2.24) is 20.2 Å². The standard InChI is InChI=1S/C15H10BrClN4O/c16-12-5-1-10(2-6-12)14(22)9-21-19-15(18-20-21)11-3-7-13(17)8-4-11/h1-8H,9H2. The molecule has 3 aromatic rings. The van der Waals surface area contributed by atoms with Crippen molar-refractivity contribution in [3.05, 3.63) is 63.6 Å². The lowest BCUT2D eigenvalue weighted by Gasteiger charge is -2.00. The molecule has 1 aromatic heterocycles. The van der Waals surface area contributed by atoms with Crippen LogP contribution >= 0.6 is 27.5 Å². The summed E-state index contributed by atoms with van der Waals surface area (Å²) in [6, 6.07) is 14.3. The maximum absolute atomic E-state index is 12.2. The van der Waals surface area contributed by atoms with Crippen LogP contribution in [0, 0.1) is 0 Å². The highest BCUT2D eigenvalue weighted by molar-refractivity contribution is 9.10. The van der Waals surface area contributed by atoms with Crippen molar-refractivity contribution >= 4 is 33.3 Å². The van der Waals surface area contributed by atoms with Crippen molar-refractivity contribution in [3.63, 3.8) is 0 Å². The van der Waals surface area contributed by atoms with Crippen LogP contribution in [-0.4, -0.2) is 26.0 Å². The highest BCUT2D eigenvalue weighted by Gasteiger charge is 2.11. The number of Topliss-reactive ketones (excluding diaryl/α,β-unsaturated/α-hetero) is 1. The molecule has 0 aliphatic rings. The Bertz CT molecular complexity index is 799. The number of tetrazole rings is 1. The van der Waals surface area contributed by atoms with Gasteiger partial charge in [0.1, 0.15) is 6.54 Å². The zero-order valence-corrected chi connectivity index (χ0v) is 13.6. The van der Waals surface area contributed by atoms with E-state index in [1.807, 2.05) is 12.1 Å². The third-order valence-electron chi connectivity index (χ3n) is 3.01. The molecule has 22 heavy (non-hydrogen) atoms. The third kappa shape index (κ3) is 3.40. The lowest BCUT2D eigenvalue weighted by Crippen LogP contribution is -2.13. The fourth-order valence-electron chi connectivity index (χ4n) is 1.88. The second kappa shape index (κ2) is 6.37. The van der Waals surface area contributed by atoms with Gasteiger partial charge in [0.05, 0.1) is 0 Å². The second-order valence-electron chi connectivity index (χ2n) is 4.58. The number of hydrogen-bond donors (Lipinski definition) is 0. The molecule has 0 atom stereocenters. The lowest BCUT2D eigenvalue weighted by molar-refractivity contribution is 0.0961. The first kappa shape index (κ1) is 14.9. The molecule has 2 aromatic carbocycles. The molecule has 0 spiro atoms. The molecule has 0 radical (unpaired) electrons. The summed E-state index contributed by atoms with van der Waals surface area (Å²) in [6.45, 7) is 0.0439. The van der Waals surface area contributed by atoms with Crippen LogP contribution in [0.2, 0.25) is 5.02 Å². The molecular formula is C15H10BrClN4O. The van der Waals surface area contributed by atoms with Crippen molar-refractivity contribution < 1.29 is 4.79 Å². The first-order chi connectivity index (χ1) is 10.6. The Kier molecular flexibility index (Phi) is 4.31. The van der Waals surface area contributed by atoms with Gasteiger partial charge in [-0.15, -0.1) is 10.2 Å². The topological polar surface area (TPSA) is 60.7 Å². The van der Waals surface area contributed by atoms with Gasteiger partial charge in [-0.3, -0.25) is 4.79 Å². The van der Waals surface area contributed by atoms with Gasteiger partial charge in [0.25, 0.3) is 0 Å². The van der Waals surface area contributed by atoms with Crippen molar-refractivity contribution in [3.8, 4) is 11.4 Å². The van der Waals surface area contributed by atoms with Gasteiger partial charge in [0.2, 0.25) is 5.82 Å². The molecular weight excluding hydrogens is 368 g/mol. The second-order valence-corrected chi connectivity index (χ2v) is 5.93.